The Balaban J connectivity index is 1.76. The van der Waals surface area contributed by atoms with Crippen molar-refractivity contribution < 1.29 is 9.21 Å². The summed E-state index contributed by atoms with van der Waals surface area (Å²) in [5.74, 6) is 1.16. The van der Waals surface area contributed by atoms with Gasteiger partial charge < -0.3 is 9.73 Å². The molecule has 0 saturated heterocycles. The second-order valence-electron chi connectivity index (χ2n) is 5.25. The molecule has 1 heterocycles. The van der Waals surface area contributed by atoms with E-state index < -0.39 is 0 Å². The minimum absolute atomic E-state index is 0.135. The van der Waals surface area contributed by atoms with Crippen LogP contribution in [0.4, 0.5) is 5.69 Å². The molecule has 0 radical (unpaired) electrons. The fourth-order valence-corrected chi connectivity index (χ4v) is 2.53. The molecule has 0 amide bonds. The van der Waals surface area contributed by atoms with Gasteiger partial charge in [0.05, 0.1) is 6.26 Å². The molecule has 0 spiro atoms. The fraction of sp³-hybridized carbons (Fsp3) is 0.235. The van der Waals surface area contributed by atoms with Gasteiger partial charge in [-0.05, 0) is 37.6 Å². The van der Waals surface area contributed by atoms with Crippen molar-refractivity contribution in [2.75, 3.05) is 5.32 Å². The molecule has 3 nitrogen and oxygen atoms in total. The summed E-state index contributed by atoms with van der Waals surface area (Å²) in [5, 5.41) is 3.33. The number of rotatable bonds is 3. The average molecular weight is 267 g/mol. The minimum atomic E-state index is 0.135. The predicted molar refractivity (Wildman–Crippen MR) is 78.6 cm³/mol. The average Bonchev–Trinajstić information content (AvgIpc) is 2.95. The van der Waals surface area contributed by atoms with Crippen molar-refractivity contribution in [2.24, 2.45) is 0 Å². The second kappa shape index (κ2) is 5.37. The Bertz CT molecular complexity index is 624. The summed E-state index contributed by atoms with van der Waals surface area (Å²) in [6.45, 7) is 2.06. The Morgan fingerprint density at radius 2 is 1.95 bits per heavy atom. The lowest BCUT2D eigenvalue weighted by molar-refractivity contribution is -0.115. The molecule has 102 valence electrons. The molecule has 0 aliphatic heterocycles. The highest BCUT2D eigenvalue weighted by atomic mass is 16.3. The number of hydrogen-bond acceptors (Lipinski definition) is 3. The number of allylic oxidation sites excluding steroid dienone is 2. The summed E-state index contributed by atoms with van der Waals surface area (Å²) in [7, 11) is 0. The predicted octanol–water partition coefficient (Wildman–Crippen LogP) is 4.03. The lowest BCUT2D eigenvalue weighted by Gasteiger charge is -2.21. The van der Waals surface area contributed by atoms with Gasteiger partial charge in [-0.2, -0.15) is 0 Å². The van der Waals surface area contributed by atoms with Gasteiger partial charge in [-0.1, -0.05) is 17.7 Å². The lowest BCUT2D eigenvalue weighted by atomic mass is 9.89. The van der Waals surface area contributed by atoms with Gasteiger partial charge in [0, 0.05) is 29.8 Å². The molecule has 1 aliphatic carbocycles. The number of carbonyl (C=O) groups is 1. The Morgan fingerprint density at radius 3 is 2.65 bits per heavy atom. The largest absolute Gasteiger partial charge is 0.469 e. The summed E-state index contributed by atoms with van der Waals surface area (Å²) < 4.78 is 5.43. The zero-order chi connectivity index (χ0) is 13.9. The highest BCUT2D eigenvalue weighted by molar-refractivity contribution is 5.92. The van der Waals surface area contributed by atoms with Crippen LogP contribution in [0.2, 0.25) is 0 Å². The topological polar surface area (TPSA) is 42.2 Å². The maximum Gasteiger partial charge on any atom is 0.158 e. The molecule has 20 heavy (non-hydrogen) atoms. The first kappa shape index (κ1) is 12.7. The summed E-state index contributed by atoms with van der Waals surface area (Å²) in [5.41, 5.74) is 3.18. The van der Waals surface area contributed by atoms with Crippen LogP contribution in [0, 0.1) is 6.92 Å². The number of furan rings is 1. The van der Waals surface area contributed by atoms with Gasteiger partial charge in [0.25, 0.3) is 0 Å². The van der Waals surface area contributed by atoms with Crippen molar-refractivity contribution in [3.63, 3.8) is 0 Å². The molecule has 3 heteroatoms. The van der Waals surface area contributed by atoms with E-state index in [9.17, 15) is 4.79 Å². The van der Waals surface area contributed by atoms with Gasteiger partial charge in [-0.15, -0.1) is 0 Å². The van der Waals surface area contributed by atoms with Gasteiger partial charge in [-0.25, -0.2) is 0 Å². The Hall–Kier alpha value is -2.29. The zero-order valence-electron chi connectivity index (χ0n) is 11.4. The molecule has 0 fully saturated rings. The van der Waals surface area contributed by atoms with Gasteiger partial charge in [0.15, 0.2) is 5.78 Å². The standard InChI is InChI=1S/C17H17NO2/c1-12-4-6-14(7-5-12)18-15-9-13(10-16(19)11-15)17-3-2-8-20-17/h2-8,11,13,18H,9-10H2,1H3/t13-/m1/s1. The van der Waals surface area contributed by atoms with E-state index in [1.165, 1.54) is 5.56 Å². The summed E-state index contributed by atoms with van der Waals surface area (Å²) in [6, 6.07) is 12.0. The van der Waals surface area contributed by atoms with Crippen LogP contribution in [0.15, 0.2) is 58.9 Å². The Labute approximate surface area is 118 Å². The molecular weight excluding hydrogens is 250 g/mol. The third kappa shape index (κ3) is 2.82. The normalized spacial score (nSPS) is 18.8. The van der Waals surface area contributed by atoms with E-state index in [4.69, 9.17) is 4.42 Å². The minimum Gasteiger partial charge on any atom is -0.469 e. The van der Waals surface area contributed by atoms with E-state index in [2.05, 4.69) is 24.4 Å². The monoisotopic (exact) mass is 267 g/mol. The molecule has 3 rings (SSSR count). The van der Waals surface area contributed by atoms with Crippen LogP contribution in [-0.2, 0) is 4.79 Å². The lowest BCUT2D eigenvalue weighted by Crippen LogP contribution is -2.16. The molecular formula is C17H17NO2. The van der Waals surface area contributed by atoms with E-state index in [-0.39, 0.29) is 11.7 Å². The van der Waals surface area contributed by atoms with Crippen LogP contribution >= 0.6 is 0 Å². The second-order valence-corrected chi connectivity index (χ2v) is 5.25. The van der Waals surface area contributed by atoms with Gasteiger partial charge in [0.1, 0.15) is 5.76 Å². The Morgan fingerprint density at radius 1 is 1.15 bits per heavy atom. The van der Waals surface area contributed by atoms with Crippen LogP contribution in [0.25, 0.3) is 0 Å². The third-order valence-corrected chi connectivity index (χ3v) is 3.55. The van der Waals surface area contributed by atoms with Crippen molar-refractivity contribution in [3.05, 3.63) is 65.8 Å². The first-order chi connectivity index (χ1) is 9.70. The molecule has 0 bridgehead atoms. The van der Waals surface area contributed by atoms with Crippen LogP contribution in [0.5, 0.6) is 0 Å². The number of nitrogens with one attached hydrogen (secondary N) is 1. The molecule has 2 aromatic rings. The summed E-state index contributed by atoms with van der Waals surface area (Å²) >= 11 is 0. The molecule has 0 saturated carbocycles. The van der Waals surface area contributed by atoms with E-state index >= 15 is 0 Å². The van der Waals surface area contributed by atoms with Crippen molar-refractivity contribution >= 4 is 11.5 Å². The maximum atomic E-state index is 11.9. The van der Waals surface area contributed by atoms with Crippen LogP contribution in [0.3, 0.4) is 0 Å². The van der Waals surface area contributed by atoms with Crippen LogP contribution in [0.1, 0.15) is 30.1 Å². The smallest absolute Gasteiger partial charge is 0.158 e. The number of hydrogen-bond donors (Lipinski definition) is 1. The molecule has 0 unspecified atom stereocenters. The van der Waals surface area contributed by atoms with Gasteiger partial charge in [-0.3, -0.25) is 4.79 Å². The fourth-order valence-electron chi connectivity index (χ4n) is 2.53. The highest BCUT2D eigenvalue weighted by Gasteiger charge is 2.24. The van der Waals surface area contributed by atoms with E-state index in [1.807, 2.05) is 24.3 Å². The summed E-state index contributed by atoms with van der Waals surface area (Å²) in [4.78, 5) is 11.9. The first-order valence-corrected chi connectivity index (χ1v) is 6.81. The highest BCUT2D eigenvalue weighted by Crippen LogP contribution is 2.32. The number of anilines is 1. The first-order valence-electron chi connectivity index (χ1n) is 6.81. The zero-order valence-corrected chi connectivity index (χ0v) is 11.4. The molecule has 1 N–H and O–H groups in total. The molecule has 1 aliphatic rings. The summed E-state index contributed by atoms with van der Waals surface area (Å²) in [6.07, 6.45) is 4.68. The van der Waals surface area contributed by atoms with Crippen molar-refractivity contribution in [1.82, 2.24) is 0 Å². The van der Waals surface area contributed by atoms with E-state index in [0.29, 0.717) is 6.42 Å². The quantitative estimate of drug-likeness (QED) is 0.913. The number of ketones is 1. The van der Waals surface area contributed by atoms with E-state index in [1.54, 1.807) is 12.3 Å². The molecule has 1 aromatic carbocycles. The van der Waals surface area contributed by atoms with Crippen molar-refractivity contribution in [1.29, 1.82) is 0 Å². The van der Waals surface area contributed by atoms with Gasteiger partial charge in [0.2, 0.25) is 0 Å². The third-order valence-electron chi connectivity index (χ3n) is 3.55. The number of benzene rings is 1. The van der Waals surface area contributed by atoms with Crippen LogP contribution in [-0.4, -0.2) is 5.78 Å². The SMILES string of the molecule is Cc1ccc(NC2=CC(=O)C[C@H](c3ccco3)C2)cc1. The van der Waals surface area contributed by atoms with E-state index in [0.717, 1.165) is 23.6 Å². The van der Waals surface area contributed by atoms with Gasteiger partial charge >= 0.3 is 0 Å². The molecule has 1 atom stereocenters. The maximum absolute atomic E-state index is 11.9. The number of carbonyl (C=O) groups excluding carboxylic acids is 1. The van der Waals surface area contributed by atoms with Crippen molar-refractivity contribution in [3.8, 4) is 0 Å². The number of aryl methyl sites for hydroxylation is 1. The molecule has 1 aromatic heterocycles. The Kier molecular flexibility index (Phi) is 3.42. The van der Waals surface area contributed by atoms with Crippen LogP contribution < -0.4 is 5.32 Å². The van der Waals surface area contributed by atoms with Crippen molar-refractivity contribution in [2.45, 2.75) is 25.7 Å².